The first-order chi connectivity index (χ1) is 9.02. The summed E-state index contributed by atoms with van der Waals surface area (Å²) < 4.78 is 13.7. The molecule has 2 rings (SSSR count). The van der Waals surface area contributed by atoms with E-state index in [2.05, 4.69) is 10.2 Å². The molecule has 6 heteroatoms. The monoisotopic (exact) mass is 262 g/mol. The first-order valence-electron chi connectivity index (χ1n) is 5.82. The number of aromatic nitrogens is 2. The molecule has 0 bridgehead atoms. The normalized spacial score (nSPS) is 12.2. The molecule has 0 saturated heterocycles. The van der Waals surface area contributed by atoms with E-state index in [4.69, 9.17) is 5.73 Å². The van der Waals surface area contributed by atoms with Crippen LogP contribution in [0.3, 0.4) is 0 Å². The minimum absolute atomic E-state index is 0.214. The number of rotatable bonds is 3. The minimum Gasteiger partial charge on any atom is -0.396 e. The highest BCUT2D eigenvalue weighted by Crippen LogP contribution is 2.23. The number of halogens is 1. The number of H-pyrrole nitrogens is 1. The van der Waals surface area contributed by atoms with Crippen LogP contribution in [-0.2, 0) is 0 Å². The summed E-state index contributed by atoms with van der Waals surface area (Å²) in [4.78, 5) is 13.6. The van der Waals surface area contributed by atoms with Gasteiger partial charge in [0, 0.05) is 12.6 Å². The van der Waals surface area contributed by atoms with Gasteiger partial charge in [0.25, 0.3) is 5.91 Å². The fourth-order valence-corrected chi connectivity index (χ4v) is 1.84. The summed E-state index contributed by atoms with van der Waals surface area (Å²) in [6.07, 6.45) is 1.37. The molecular formula is C13H15FN4O. The van der Waals surface area contributed by atoms with Gasteiger partial charge in [-0.2, -0.15) is 5.10 Å². The number of nitrogen functional groups attached to an aromatic ring is 1. The van der Waals surface area contributed by atoms with Crippen LogP contribution >= 0.6 is 0 Å². The van der Waals surface area contributed by atoms with Gasteiger partial charge in [0.05, 0.1) is 17.9 Å². The average Bonchev–Trinajstić information content (AvgIpc) is 2.83. The van der Waals surface area contributed by atoms with E-state index in [0.717, 1.165) is 0 Å². The van der Waals surface area contributed by atoms with Crippen LogP contribution in [0.2, 0.25) is 0 Å². The van der Waals surface area contributed by atoms with E-state index >= 15 is 0 Å². The predicted molar refractivity (Wildman–Crippen MR) is 69.9 cm³/mol. The summed E-state index contributed by atoms with van der Waals surface area (Å²) in [7, 11) is 1.60. The predicted octanol–water partition coefficient (Wildman–Crippen LogP) is 1.96. The Kier molecular flexibility index (Phi) is 3.50. The molecule has 0 aliphatic rings. The third-order valence-electron chi connectivity index (χ3n) is 3.14. The largest absolute Gasteiger partial charge is 0.396 e. The molecule has 3 N–H and O–H groups in total. The first-order valence-corrected chi connectivity index (χ1v) is 5.82. The zero-order valence-electron chi connectivity index (χ0n) is 10.7. The maximum Gasteiger partial charge on any atom is 0.274 e. The SMILES string of the molecule is CC(c1ccccc1F)N(C)C(=O)c1[nH]ncc1N. The van der Waals surface area contributed by atoms with Crippen LogP contribution < -0.4 is 5.73 Å². The molecule has 0 spiro atoms. The van der Waals surface area contributed by atoms with Gasteiger partial charge in [-0.15, -0.1) is 0 Å². The van der Waals surface area contributed by atoms with Crippen LogP contribution in [-0.4, -0.2) is 28.1 Å². The average molecular weight is 262 g/mol. The number of nitrogens with one attached hydrogen (secondary N) is 1. The second-order valence-corrected chi connectivity index (χ2v) is 4.31. The fourth-order valence-electron chi connectivity index (χ4n) is 1.84. The summed E-state index contributed by atoms with van der Waals surface area (Å²) in [5, 5.41) is 6.25. The van der Waals surface area contributed by atoms with Crippen LogP contribution in [0.5, 0.6) is 0 Å². The molecule has 1 heterocycles. The number of hydrogen-bond donors (Lipinski definition) is 2. The third kappa shape index (κ3) is 2.42. The molecule has 1 aromatic carbocycles. The molecule has 5 nitrogen and oxygen atoms in total. The summed E-state index contributed by atoms with van der Waals surface area (Å²) in [6.45, 7) is 1.75. The Balaban J connectivity index is 2.25. The highest BCUT2D eigenvalue weighted by Gasteiger charge is 2.23. The Labute approximate surface area is 110 Å². The van der Waals surface area contributed by atoms with E-state index in [1.807, 2.05) is 0 Å². The van der Waals surface area contributed by atoms with Crippen molar-refractivity contribution in [2.75, 3.05) is 12.8 Å². The lowest BCUT2D eigenvalue weighted by atomic mass is 10.1. The maximum absolute atomic E-state index is 13.7. The number of aromatic amines is 1. The molecule has 0 aliphatic heterocycles. The number of benzene rings is 1. The Morgan fingerprint density at radius 3 is 2.74 bits per heavy atom. The number of amides is 1. The van der Waals surface area contributed by atoms with Gasteiger partial charge in [0.2, 0.25) is 0 Å². The second-order valence-electron chi connectivity index (χ2n) is 4.31. The lowest BCUT2D eigenvalue weighted by molar-refractivity contribution is 0.0735. The number of carbonyl (C=O) groups excluding carboxylic acids is 1. The molecular weight excluding hydrogens is 247 g/mol. The Morgan fingerprint density at radius 1 is 1.47 bits per heavy atom. The number of nitrogens with zero attached hydrogens (tertiary/aromatic N) is 2. The van der Waals surface area contributed by atoms with Gasteiger partial charge in [-0.3, -0.25) is 9.89 Å². The van der Waals surface area contributed by atoms with Crippen molar-refractivity contribution in [3.05, 3.63) is 47.5 Å². The maximum atomic E-state index is 13.7. The Hall–Kier alpha value is -2.37. The third-order valence-corrected chi connectivity index (χ3v) is 3.14. The number of anilines is 1. The number of hydrogen-bond acceptors (Lipinski definition) is 3. The fraction of sp³-hybridized carbons (Fsp3) is 0.231. The van der Waals surface area contributed by atoms with Gasteiger partial charge in [0.15, 0.2) is 0 Å². The Morgan fingerprint density at radius 2 is 2.16 bits per heavy atom. The summed E-state index contributed by atoms with van der Waals surface area (Å²) in [6, 6.07) is 5.96. The van der Waals surface area contributed by atoms with Gasteiger partial charge in [-0.05, 0) is 13.0 Å². The molecule has 100 valence electrons. The standard InChI is InChI=1S/C13H15FN4O/c1-8(9-5-3-4-6-10(9)14)18(2)13(19)12-11(15)7-16-17-12/h3-8H,15H2,1-2H3,(H,16,17). The van der Waals surface area contributed by atoms with E-state index in [9.17, 15) is 9.18 Å². The zero-order valence-corrected chi connectivity index (χ0v) is 10.7. The van der Waals surface area contributed by atoms with Crippen molar-refractivity contribution >= 4 is 11.6 Å². The summed E-state index contributed by atoms with van der Waals surface area (Å²) in [5.41, 5.74) is 6.58. The van der Waals surface area contributed by atoms with Crippen molar-refractivity contribution in [3.63, 3.8) is 0 Å². The van der Waals surface area contributed by atoms with Crippen LogP contribution in [0.25, 0.3) is 0 Å². The zero-order chi connectivity index (χ0) is 14.0. The van der Waals surface area contributed by atoms with Crippen molar-refractivity contribution in [1.29, 1.82) is 0 Å². The van der Waals surface area contributed by atoms with Gasteiger partial charge in [-0.1, -0.05) is 18.2 Å². The second kappa shape index (κ2) is 5.09. The molecule has 1 unspecified atom stereocenters. The minimum atomic E-state index is -0.406. The molecule has 19 heavy (non-hydrogen) atoms. The molecule has 0 saturated carbocycles. The smallest absolute Gasteiger partial charge is 0.274 e. The quantitative estimate of drug-likeness (QED) is 0.888. The van der Waals surface area contributed by atoms with E-state index in [1.54, 1.807) is 32.2 Å². The van der Waals surface area contributed by atoms with Crippen molar-refractivity contribution in [3.8, 4) is 0 Å². The molecule has 2 aromatic rings. The van der Waals surface area contributed by atoms with Crippen LogP contribution in [0, 0.1) is 5.82 Å². The van der Waals surface area contributed by atoms with E-state index in [-0.39, 0.29) is 23.1 Å². The number of carbonyl (C=O) groups is 1. The van der Waals surface area contributed by atoms with Gasteiger partial charge in [-0.25, -0.2) is 4.39 Å². The van der Waals surface area contributed by atoms with Crippen molar-refractivity contribution in [1.82, 2.24) is 15.1 Å². The van der Waals surface area contributed by atoms with Crippen LogP contribution in [0.15, 0.2) is 30.5 Å². The van der Waals surface area contributed by atoms with Gasteiger partial charge < -0.3 is 10.6 Å². The Bertz CT molecular complexity index is 596. The molecule has 0 fully saturated rings. The summed E-state index contributed by atoms with van der Waals surface area (Å²) >= 11 is 0. The molecule has 1 atom stereocenters. The number of nitrogens with two attached hydrogens (primary N) is 1. The first kappa shape index (κ1) is 13.1. The van der Waals surface area contributed by atoms with E-state index in [0.29, 0.717) is 5.56 Å². The van der Waals surface area contributed by atoms with E-state index in [1.165, 1.54) is 17.2 Å². The molecule has 1 amide bonds. The highest BCUT2D eigenvalue weighted by atomic mass is 19.1. The van der Waals surface area contributed by atoms with E-state index < -0.39 is 6.04 Å². The van der Waals surface area contributed by atoms with Crippen LogP contribution in [0.4, 0.5) is 10.1 Å². The van der Waals surface area contributed by atoms with Gasteiger partial charge in [0.1, 0.15) is 11.5 Å². The lowest BCUT2D eigenvalue weighted by Crippen LogP contribution is -2.31. The topological polar surface area (TPSA) is 75.0 Å². The lowest BCUT2D eigenvalue weighted by Gasteiger charge is -2.25. The molecule has 0 aliphatic carbocycles. The molecule has 1 aromatic heterocycles. The highest BCUT2D eigenvalue weighted by molar-refractivity contribution is 5.97. The van der Waals surface area contributed by atoms with Crippen molar-refractivity contribution in [2.45, 2.75) is 13.0 Å². The van der Waals surface area contributed by atoms with Crippen molar-refractivity contribution < 1.29 is 9.18 Å². The molecule has 0 radical (unpaired) electrons. The van der Waals surface area contributed by atoms with Gasteiger partial charge >= 0.3 is 0 Å². The summed E-state index contributed by atoms with van der Waals surface area (Å²) in [5.74, 6) is -0.669. The van der Waals surface area contributed by atoms with Crippen molar-refractivity contribution in [2.24, 2.45) is 0 Å². The van der Waals surface area contributed by atoms with Crippen LogP contribution in [0.1, 0.15) is 29.0 Å².